The van der Waals surface area contributed by atoms with Crippen LogP contribution in [0, 0.1) is 0 Å². The van der Waals surface area contributed by atoms with Crippen molar-refractivity contribution in [2.24, 2.45) is 0 Å². The summed E-state index contributed by atoms with van der Waals surface area (Å²) in [6, 6.07) is 20.9. The van der Waals surface area contributed by atoms with E-state index < -0.39 is 18.0 Å². The van der Waals surface area contributed by atoms with E-state index in [0.717, 1.165) is 16.8 Å². The Balaban J connectivity index is 1.48. The fourth-order valence-corrected chi connectivity index (χ4v) is 4.50. The molecule has 202 valence electrons. The van der Waals surface area contributed by atoms with Gasteiger partial charge < -0.3 is 25.0 Å². The van der Waals surface area contributed by atoms with Crippen LogP contribution in [0.3, 0.4) is 0 Å². The largest absolute Gasteiger partial charge is 0.497 e. The Labute approximate surface area is 231 Å². The molecule has 0 unspecified atom stereocenters. The van der Waals surface area contributed by atoms with E-state index in [1.54, 1.807) is 18.2 Å². The van der Waals surface area contributed by atoms with Crippen molar-refractivity contribution in [3.05, 3.63) is 78.4 Å². The number of urea groups is 1. The molecule has 1 aromatic heterocycles. The number of nitrogens with zero attached hydrogens (tertiary/aromatic N) is 3. The van der Waals surface area contributed by atoms with E-state index in [1.165, 1.54) is 25.6 Å². The lowest BCUT2D eigenvalue weighted by atomic mass is 10.1. The highest BCUT2D eigenvalue weighted by Crippen LogP contribution is 2.28. The number of carbonyl (C=O) groups excluding carboxylic acids is 2. The quantitative estimate of drug-likeness (QED) is 0.265. The van der Waals surface area contributed by atoms with E-state index in [9.17, 15) is 9.59 Å². The highest BCUT2D eigenvalue weighted by Gasteiger charge is 2.23. The summed E-state index contributed by atoms with van der Waals surface area (Å²) in [7, 11) is 7.00. The number of hydrogen-bond donors (Lipinski definition) is 3. The first kappa shape index (κ1) is 27.4. The van der Waals surface area contributed by atoms with Gasteiger partial charge >= 0.3 is 6.03 Å². The van der Waals surface area contributed by atoms with Gasteiger partial charge in [-0.2, -0.15) is 0 Å². The molecule has 3 amide bonds. The van der Waals surface area contributed by atoms with Gasteiger partial charge in [-0.05, 0) is 29.8 Å². The number of aromatic nitrogens is 2. The smallest absolute Gasteiger partial charge is 0.319 e. The Morgan fingerprint density at radius 3 is 2.18 bits per heavy atom. The first-order valence-corrected chi connectivity index (χ1v) is 12.9. The zero-order valence-electron chi connectivity index (χ0n) is 22.1. The van der Waals surface area contributed by atoms with Gasteiger partial charge in [-0.25, -0.2) is 4.79 Å². The van der Waals surface area contributed by atoms with Crippen LogP contribution < -0.4 is 30.3 Å². The van der Waals surface area contributed by atoms with Gasteiger partial charge in [0, 0.05) is 55.7 Å². The molecule has 0 radical (unpaired) electrons. The molecule has 4 rings (SSSR count). The molecule has 0 aliphatic carbocycles. The molecule has 10 nitrogen and oxygen atoms in total. The number of amides is 3. The third-order valence-corrected chi connectivity index (χ3v) is 6.69. The summed E-state index contributed by atoms with van der Waals surface area (Å²) in [6.07, 6.45) is 0.277. The van der Waals surface area contributed by atoms with Crippen molar-refractivity contribution in [3.63, 3.8) is 0 Å². The molecule has 1 atom stereocenters. The van der Waals surface area contributed by atoms with E-state index >= 15 is 0 Å². The minimum absolute atomic E-state index is 0.277. The molecule has 1 heterocycles. The third kappa shape index (κ3) is 7.45. The van der Waals surface area contributed by atoms with Gasteiger partial charge in [-0.1, -0.05) is 41.7 Å². The van der Waals surface area contributed by atoms with Crippen LogP contribution in [0.2, 0.25) is 0 Å². The fraction of sp³-hybridized carbons (Fsp3) is 0.214. The van der Waals surface area contributed by atoms with E-state index in [0.29, 0.717) is 27.3 Å². The maximum atomic E-state index is 13.3. The molecule has 0 spiro atoms. The highest BCUT2D eigenvalue weighted by molar-refractivity contribution is 7.18. The number of hydrogen-bond acceptors (Lipinski definition) is 8. The molecule has 3 aromatic carbocycles. The van der Waals surface area contributed by atoms with E-state index in [4.69, 9.17) is 9.47 Å². The molecule has 0 fully saturated rings. The van der Waals surface area contributed by atoms with Gasteiger partial charge in [0.25, 0.3) is 0 Å². The number of rotatable bonds is 10. The SMILES string of the molecule is COc1cc(NC(=O)N[C@@H](Cc2ccccc2)C(=O)Nc2nnc(-c3ccc(N(C)C)cc3)s2)cc(OC)c1. The van der Waals surface area contributed by atoms with Gasteiger partial charge in [0.1, 0.15) is 22.5 Å². The zero-order valence-corrected chi connectivity index (χ0v) is 22.9. The van der Waals surface area contributed by atoms with E-state index in [-0.39, 0.29) is 6.42 Å². The third-order valence-electron chi connectivity index (χ3n) is 5.80. The highest BCUT2D eigenvalue weighted by atomic mass is 32.1. The van der Waals surface area contributed by atoms with Crippen molar-refractivity contribution in [3.8, 4) is 22.1 Å². The maximum Gasteiger partial charge on any atom is 0.319 e. The van der Waals surface area contributed by atoms with Crippen LogP contribution in [0.5, 0.6) is 11.5 Å². The Morgan fingerprint density at radius 1 is 0.897 bits per heavy atom. The van der Waals surface area contributed by atoms with Gasteiger partial charge in [-0.3, -0.25) is 10.1 Å². The molecule has 0 aliphatic rings. The Hall–Kier alpha value is -4.64. The fourth-order valence-electron chi connectivity index (χ4n) is 3.75. The number of carbonyl (C=O) groups is 2. The summed E-state index contributed by atoms with van der Waals surface area (Å²) in [6.45, 7) is 0. The first-order chi connectivity index (χ1) is 18.8. The Bertz CT molecular complexity index is 1390. The normalized spacial score (nSPS) is 11.3. The predicted molar refractivity (Wildman–Crippen MR) is 154 cm³/mol. The van der Waals surface area contributed by atoms with Crippen LogP contribution in [-0.4, -0.2) is 56.5 Å². The van der Waals surface area contributed by atoms with Crippen molar-refractivity contribution < 1.29 is 19.1 Å². The summed E-state index contributed by atoms with van der Waals surface area (Å²) in [5, 5.41) is 17.7. The van der Waals surface area contributed by atoms with Gasteiger partial charge in [-0.15, -0.1) is 10.2 Å². The molecule has 0 bridgehead atoms. The van der Waals surface area contributed by atoms with Crippen LogP contribution in [-0.2, 0) is 11.2 Å². The number of nitrogens with one attached hydrogen (secondary N) is 3. The number of anilines is 3. The summed E-state index contributed by atoms with van der Waals surface area (Å²) >= 11 is 1.26. The van der Waals surface area contributed by atoms with Crippen LogP contribution in [0.25, 0.3) is 10.6 Å². The van der Waals surface area contributed by atoms with E-state index in [2.05, 4.69) is 26.1 Å². The van der Waals surface area contributed by atoms with Gasteiger partial charge in [0.2, 0.25) is 11.0 Å². The summed E-state index contributed by atoms with van der Waals surface area (Å²) in [5.74, 6) is 0.626. The molecule has 3 N–H and O–H groups in total. The van der Waals surface area contributed by atoms with Crippen LogP contribution in [0.1, 0.15) is 5.56 Å². The lowest BCUT2D eigenvalue weighted by Crippen LogP contribution is -2.46. The predicted octanol–water partition coefficient (Wildman–Crippen LogP) is 4.66. The zero-order chi connectivity index (χ0) is 27.8. The average molecular weight is 547 g/mol. The van der Waals surface area contributed by atoms with Crippen molar-refractivity contribution in [2.45, 2.75) is 12.5 Å². The average Bonchev–Trinajstić information content (AvgIpc) is 3.41. The monoisotopic (exact) mass is 546 g/mol. The van der Waals surface area contributed by atoms with Crippen LogP contribution in [0.15, 0.2) is 72.8 Å². The molecule has 11 heteroatoms. The molecule has 0 aliphatic heterocycles. The number of benzene rings is 3. The Kier molecular flexibility index (Phi) is 8.95. The first-order valence-electron chi connectivity index (χ1n) is 12.1. The standard InChI is InChI=1S/C28H30N6O4S/c1-34(2)21-12-10-19(11-13-21)26-32-33-28(39-26)31-25(35)24(14-18-8-6-5-7-9-18)30-27(36)29-20-15-22(37-3)17-23(16-20)38-4/h5-13,15-17,24H,14H2,1-4H3,(H2,29,30,36)(H,31,33,35)/t24-/m0/s1. The van der Waals surface area contributed by atoms with Gasteiger partial charge in [0.15, 0.2) is 0 Å². The topological polar surface area (TPSA) is 118 Å². The van der Waals surface area contributed by atoms with Crippen molar-refractivity contribution in [1.29, 1.82) is 0 Å². The molecule has 0 saturated heterocycles. The number of methoxy groups -OCH3 is 2. The molecule has 0 saturated carbocycles. The van der Waals surface area contributed by atoms with Crippen LogP contribution in [0.4, 0.5) is 21.3 Å². The molecular weight excluding hydrogens is 516 g/mol. The molecule has 39 heavy (non-hydrogen) atoms. The number of ether oxygens (including phenoxy) is 2. The molecular formula is C28H30N6O4S. The minimum atomic E-state index is -0.883. The van der Waals surface area contributed by atoms with Crippen LogP contribution >= 0.6 is 11.3 Å². The minimum Gasteiger partial charge on any atom is -0.497 e. The Morgan fingerprint density at radius 2 is 1.56 bits per heavy atom. The second-order valence-corrected chi connectivity index (χ2v) is 9.76. The molecule has 4 aromatic rings. The summed E-state index contributed by atoms with van der Waals surface area (Å²) in [5.41, 5.74) is 3.31. The second kappa shape index (κ2) is 12.7. The van der Waals surface area contributed by atoms with Gasteiger partial charge in [0.05, 0.1) is 14.2 Å². The second-order valence-electron chi connectivity index (χ2n) is 8.79. The maximum absolute atomic E-state index is 13.3. The van der Waals surface area contributed by atoms with E-state index in [1.807, 2.05) is 73.6 Å². The van der Waals surface area contributed by atoms with Crippen molar-refractivity contribution in [2.75, 3.05) is 43.8 Å². The summed E-state index contributed by atoms with van der Waals surface area (Å²) < 4.78 is 10.5. The van der Waals surface area contributed by atoms with Crippen molar-refractivity contribution in [1.82, 2.24) is 15.5 Å². The summed E-state index contributed by atoms with van der Waals surface area (Å²) in [4.78, 5) is 28.2. The lowest BCUT2D eigenvalue weighted by molar-refractivity contribution is -0.117. The lowest BCUT2D eigenvalue weighted by Gasteiger charge is -2.18. The van der Waals surface area contributed by atoms with Crippen molar-refractivity contribution >= 4 is 39.8 Å².